The number of hydrogen-bond acceptors (Lipinski definition) is 5. The van der Waals surface area contributed by atoms with Gasteiger partial charge in [0.1, 0.15) is 10.7 Å². The summed E-state index contributed by atoms with van der Waals surface area (Å²) in [4.78, 5) is 17.0. The van der Waals surface area contributed by atoms with Gasteiger partial charge >= 0.3 is 0 Å². The Kier molecular flexibility index (Phi) is 4.47. The highest BCUT2D eigenvalue weighted by Crippen LogP contribution is 2.28. The highest BCUT2D eigenvalue weighted by atomic mass is 32.1. The van der Waals surface area contributed by atoms with Gasteiger partial charge in [-0.1, -0.05) is 29.0 Å². The zero-order valence-corrected chi connectivity index (χ0v) is 13.5. The van der Waals surface area contributed by atoms with Crippen LogP contribution in [0.5, 0.6) is 0 Å². The average Bonchev–Trinajstić information content (AvgIpc) is 2.75. The first kappa shape index (κ1) is 15.3. The van der Waals surface area contributed by atoms with Gasteiger partial charge in [-0.3, -0.25) is 4.79 Å². The van der Waals surface area contributed by atoms with Crippen molar-refractivity contribution in [3.63, 3.8) is 0 Å². The van der Waals surface area contributed by atoms with Crippen molar-refractivity contribution in [3.8, 4) is 0 Å². The fourth-order valence-corrected chi connectivity index (χ4v) is 3.12. The summed E-state index contributed by atoms with van der Waals surface area (Å²) in [5, 5.41) is 6.67. The number of nitrogens with zero attached hydrogens (tertiary/aromatic N) is 1. The summed E-state index contributed by atoms with van der Waals surface area (Å²) in [6, 6.07) is 4.09. The molecule has 0 spiro atoms. The molecule has 0 aliphatic rings. The van der Waals surface area contributed by atoms with Gasteiger partial charge in [-0.2, -0.15) is 0 Å². The predicted octanol–water partition coefficient (Wildman–Crippen LogP) is 3.33. The third-order valence-corrected chi connectivity index (χ3v) is 4.13. The van der Waals surface area contributed by atoms with Crippen LogP contribution in [0.2, 0.25) is 0 Å². The molecule has 5 nitrogen and oxygen atoms in total. The van der Waals surface area contributed by atoms with Gasteiger partial charge < -0.3 is 16.4 Å². The van der Waals surface area contributed by atoms with Crippen LogP contribution in [-0.4, -0.2) is 17.4 Å². The maximum Gasteiger partial charge on any atom is 0.269 e. The van der Waals surface area contributed by atoms with Crippen molar-refractivity contribution in [1.29, 1.82) is 0 Å². The van der Waals surface area contributed by atoms with E-state index in [1.807, 2.05) is 39.8 Å². The molecule has 4 N–H and O–H groups in total. The van der Waals surface area contributed by atoms with Gasteiger partial charge in [-0.25, -0.2) is 4.98 Å². The number of carbonyl (C=O) groups excluding carboxylic acids is 1. The number of aryl methyl sites for hydroxylation is 3. The number of nitrogens with two attached hydrogens (primary N) is 1. The van der Waals surface area contributed by atoms with Crippen LogP contribution in [-0.2, 0) is 0 Å². The fraction of sp³-hybridized carbons (Fsp3) is 0.333. The number of aromatic nitrogens is 1. The topological polar surface area (TPSA) is 80.0 Å². The summed E-state index contributed by atoms with van der Waals surface area (Å²) in [6.45, 7) is 8.71. The van der Waals surface area contributed by atoms with Crippen LogP contribution in [0.1, 0.15) is 33.3 Å². The Labute approximate surface area is 128 Å². The van der Waals surface area contributed by atoms with Gasteiger partial charge in [0.2, 0.25) is 0 Å². The minimum Gasteiger partial charge on any atom is -0.382 e. The molecule has 0 aliphatic carbocycles. The van der Waals surface area contributed by atoms with E-state index in [-0.39, 0.29) is 11.7 Å². The summed E-state index contributed by atoms with van der Waals surface area (Å²) in [6.07, 6.45) is 0. The number of nitrogens with one attached hydrogen (secondary N) is 2. The van der Waals surface area contributed by atoms with E-state index < -0.39 is 0 Å². The van der Waals surface area contributed by atoms with Gasteiger partial charge in [0.05, 0.1) is 0 Å². The molecular weight excluding hydrogens is 284 g/mol. The molecule has 0 unspecified atom stereocenters. The molecule has 0 radical (unpaired) electrons. The Hall–Kier alpha value is -2.08. The van der Waals surface area contributed by atoms with Crippen LogP contribution in [0.4, 0.5) is 16.6 Å². The molecule has 1 aromatic carbocycles. The standard InChI is InChI=1S/C15H20N4OS/c1-5-17-15-19-13(16)12(21-15)14(20)18-11-9(3)6-8(2)7-10(11)4/h6-7H,5,16H2,1-4H3,(H,17,19)(H,18,20). The summed E-state index contributed by atoms with van der Waals surface area (Å²) in [7, 11) is 0. The Balaban J connectivity index is 2.26. The molecule has 1 aromatic heterocycles. The lowest BCUT2D eigenvalue weighted by Crippen LogP contribution is -2.14. The third kappa shape index (κ3) is 3.33. The smallest absolute Gasteiger partial charge is 0.269 e. The van der Waals surface area contributed by atoms with Gasteiger partial charge in [-0.05, 0) is 38.8 Å². The minimum absolute atomic E-state index is 0.218. The number of nitrogen functional groups attached to an aromatic ring is 1. The third-order valence-electron chi connectivity index (χ3n) is 3.10. The first-order chi connectivity index (χ1) is 9.92. The van der Waals surface area contributed by atoms with Gasteiger partial charge in [0, 0.05) is 12.2 Å². The fourth-order valence-electron chi connectivity index (χ4n) is 2.27. The summed E-state index contributed by atoms with van der Waals surface area (Å²) in [5.41, 5.74) is 9.91. The molecule has 1 amide bonds. The highest BCUT2D eigenvalue weighted by Gasteiger charge is 2.17. The van der Waals surface area contributed by atoms with Crippen molar-refractivity contribution in [2.45, 2.75) is 27.7 Å². The second-order valence-electron chi connectivity index (χ2n) is 4.99. The quantitative estimate of drug-likeness (QED) is 0.809. The van der Waals surface area contributed by atoms with Crippen molar-refractivity contribution in [3.05, 3.63) is 33.7 Å². The van der Waals surface area contributed by atoms with Crippen LogP contribution in [0, 0.1) is 20.8 Å². The first-order valence-electron chi connectivity index (χ1n) is 6.81. The van der Waals surface area contributed by atoms with E-state index in [1.165, 1.54) is 16.9 Å². The molecule has 0 saturated heterocycles. The van der Waals surface area contributed by atoms with Crippen LogP contribution in [0.3, 0.4) is 0 Å². The Bertz CT molecular complexity index is 655. The Morgan fingerprint density at radius 2 is 1.90 bits per heavy atom. The molecule has 0 aliphatic heterocycles. The van der Waals surface area contributed by atoms with E-state index in [1.54, 1.807) is 0 Å². The van der Waals surface area contributed by atoms with Crippen molar-refractivity contribution in [1.82, 2.24) is 4.98 Å². The second kappa shape index (κ2) is 6.13. The zero-order chi connectivity index (χ0) is 15.6. The normalized spacial score (nSPS) is 10.5. The van der Waals surface area contributed by atoms with Crippen molar-refractivity contribution in [2.75, 3.05) is 22.9 Å². The van der Waals surface area contributed by atoms with Gasteiger partial charge in [-0.15, -0.1) is 0 Å². The Morgan fingerprint density at radius 3 is 2.48 bits per heavy atom. The zero-order valence-electron chi connectivity index (χ0n) is 12.7. The predicted molar refractivity (Wildman–Crippen MR) is 89.3 cm³/mol. The number of benzene rings is 1. The van der Waals surface area contributed by atoms with E-state index in [9.17, 15) is 4.79 Å². The molecule has 6 heteroatoms. The second-order valence-corrected chi connectivity index (χ2v) is 5.99. The molecule has 21 heavy (non-hydrogen) atoms. The average molecular weight is 304 g/mol. The monoisotopic (exact) mass is 304 g/mol. The number of thiazole rings is 1. The van der Waals surface area contributed by atoms with Crippen LogP contribution < -0.4 is 16.4 Å². The number of rotatable bonds is 4. The lowest BCUT2D eigenvalue weighted by atomic mass is 10.1. The summed E-state index contributed by atoms with van der Waals surface area (Å²) in [5.74, 6) is 0.0417. The summed E-state index contributed by atoms with van der Waals surface area (Å²) >= 11 is 1.27. The van der Waals surface area contributed by atoms with Crippen molar-refractivity contribution >= 4 is 33.9 Å². The Morgan fingerprint density at radius 1 is 1.29 bits per heavy atom. The van der Waals surface area contributed by atoms with E-state index in [4.69, 9.17) is 5.73 Å². The number of anilines is 3. The van der Waals surface area contributed by atoms with Crippen molar-refractivity contribution in [2.24, 2.45) is 0 Å². The number of amides is 1. The largest absolute Gasteiger partial charge is 0.382 e. The minimum atomic E-state index is -0.218. The van der Waals surface area contributed by atoms with E-state index in [2.05, 4.69) is 15.6 Å². The number of carbonyl (C=O) groups is 1. The molecule has 112 valence electrons. The maximum atomic E-state index is 12.4. The van der Waals surface area contributed by atoms with Gasteiger partial charge in [0.15, 0.2) is 5.13 Å². The molecular formula is C15H20N4OS. The molecule has 0 saturated carbocycles. The van der Waals surface area contributed by atoms with Crippen LogP contribution >= 0.6 is 11.3 Å². The maximum absolute atomic E-state index is 12.4. The van der Waals surface area contributed by atoms with E-state index in [0.29, 0.717) is 10.0 Å². The van der Waals surface area contributed by atoms with Gasteiger partial charge in [0.25, 0.3) is 5.91 Å². The SMILES string of the molecule is CCNc1nc(N)c(C(=O)Nc2c(C)cc(C)cc2C)s1. The van der Waals surface area contributed by atoms with E-state index in [0.717, 1.165) is 23.4 Å². The highest BCUT2D eigenvalue weighted by molar-refractivity contribution is 7.18. The lowest BCUT2D eigenvalue weighted by molar-refractivity contribution is 0.103. The summed E-state index contributed by atoms with van der Waals surface area (Å²) < 4.78 is 0. The molecule has 1 heterocycles. The first-order valence-corrected chi connectivity index (χ1v) is 7.63. The molecule has 2 aromatic rings. The van der Waals surface area contributed by atoms with E-state index >= 15 is 0 Å². The molecule has 0 bridgehead atoms. The van der Waals surface area contributed by atoms with Crippen molar-refractivity contribution < 1.29 is 4.79 Å². The lowest BCUT2D eigenvalue weighted by Gasteiger charge is -2.12. The van der Waals surface area contributed by atoms with Crippen LogP contribution in [0.15, 0.2) is 12.1 Å². The molecule has 0 fully saturated rings. The molecule has 2 rings (SSSR count). The molecule has 0 atom stereocenters. The van der Waals surface area contributed by atoms with Crippen LogP contribution in [0.25, 0.3) is 0 Å². The number of hydrogen-bond donors (Lipinski definition) is 3.